The fraction of sp³-hybridized carbons (Fsp3) is 0.929. The molecule has 1 spiro atoms. The summed E-state index contributed by atoms with van der Waals surface area (Å²) in [5, 5.41) is 9.49. The highest BCUT2D eigenvalue weighted by molar-refractivity contribution is 8.00. The molecule has 3 N–H and O–H groups in total. The molecule has 116 valence electrons. The Morgan fingerprint density at radius 2 is 2.10 bits per heavy atom. The third-order valence-corrected chi connectivity index (χ3v) is 5.74. The average molecular weight is 301 g/mol. The molecule has 1 unspecified atom stereocenters. The molecule has 20 heavy (non-hydrogen) atoms. The maximum absolute atomic E-state index is 12.3. The van der Waals surface area contributed by atoms with Gasteiger partial charge in [-0.3, -0.25) is 9.69 Å². The van der Waals surface area contributed by atoms with E-state index in [1.807, 2.05) is 16.7 Å². The predicted octanol–water partition coefficient (Wildman–Crippen LogP) is 0.328. The monoisotopic (exact) mass is 301 g/mol. The van der Waals surface area contributed by atoms with Crippen LogP contribution in [0.15, 0.2) is 0 Å². The van der Waals surface area contributed by atoms with Crippen LogP contribution in [0.5, 0.6) is 0 Å². The van der Waals surface area contributed by atoms with Crippen LogP contribution in [0.25, 0.3) is 0 Å². The Labute approximate surface area is 125 Å². The summed E-state index contributed by atoms with van der Waals surface area (Å²) in [6.45, 7) is 9.72. The molecule has 2 aliphatic rings. The molecule has 2 rings (SSSR count). The quantitative estimate of drug-likeness (QED) is 0.783. The molecule has 2 heterocycles. The maximum atomic E-state index is 12.3. The minimum absolute atomic E-state index is 0.0817. The van der Waals surface area contributed by atoms with E-state index in [-0.39, 0.29) is 10.8 Å². The summed E-state index contributed by atoms with van der Waals surface area (Å²) in [7, 11) is 0. The highest BCUT2D eigenvalue weighted by Crippen LogP contribution is 2.43. The molecule has 0 aromatic carbocycles. The van der Waals surface area contributed by atoms with E-state index in [2.05, 4.69) is 18.7 Å². The van der Waals surface area contributed by atoms with Gasteiger partial charge in [0.05, 0.1) is 11.0 Å². The van der Waals surface area contributed by atoms with Crippen LogP contribution in [0.3, 0.4) is 0 Å². The van der Waals surface area contributed by atoms with Gasteiger partial charge in [-0.2, -0.15) is 0 Å². The molecule has 5 nitrogen and oxygen atoms in total. The van der Waals surface area contributed by atoms with Crippen LogP contribution in [0.1, 0.15) is 27.2 Å². The molecule has 0 bridgehead atoms. The lowest BCUT2D eigenvalue weighted by molar-refractivity contribution is -0.134. The Balaban J connectivity index is 2.02. The van der Waals surface area contributed by atoms with E-state index in [0.717, 1.165) is 38.4 Å². The second-order valence-corrected chi connectivity index (χ2v) is 7.87. The van der Waals surface area contributed by atoms with Crippen LogP contribution < -0.4 is 5.73 Å². The van der Waals surface area contributed by atoms with Crippen molar-refractivity contribution in [2.24, 2.45) is 11.7 Å². The van der Waals surface area contributed by atoms with Gasteiger partial charge >= 0.3 is 0 Å². The lowest BCUT2D eigenvalue weighted by Gasteiger charge is -2.35. The molecule has 1 amide bonds. The zero-order valence-electron chi connectivity index (χ0n) is 12.7. The summed E-state index contributed by atoms with van der Waals surface area (Å²) < 4.78 is 0. The number of aliphatic hydroxyl groups excluding tert-OH is 1. The first kappa shape index (κ1) is 16.1. The van der Waals surface area contributed by atoms with Crippen LogP contribution in [-0.2, 0) is 4.79 Å². The Morgan fingerprint density at radius 3 is 2.70 bits per heavy atom. The number of amides is 1. The van der Waals surface area contributed by atoms with Crippen molar-refractivity contribution in [3.63, 3.8) is 0 Å². The van der Waals surface area contributed by atoms with Gasteiger partial charge in [0.1, 0.15) is 6.04 Å². The van der Waals surface area contributed by atoms with Crippen molar-refractivity contribution in [3.05, 3.63) is 0 Å². The molecule has 0 radical (unpaired) electrons. The first-order valence-electron chi connectivity index (χ1n) is 7.47. The van der Waals surface area contributed by atoms with Crippen molar-refractivity contribution >= 4 is 17.7 Å². The molecular weight excluding hydrogens is 274 g/mol. The van der Waals surface area contributed by atoms with Gasteiger partial charge in [-0.25, -0.2) is 0 Å². The van der Waals surface area contributed by atoms with Crippen LogP contribution in [-0.4, -0.2) is 69.8 Å². The number of thioether (sulfide) groups is 1. The van der Waals surface area contributed by atoms with Gasteiger partial charge < -0.3 is 15.7 Å². The number of rotatable bonds is 4. The summed E-state index contributed by atoms with van der Waals surface area (Å²) in [6.07, 6.45) is 0.213. The molecule has 0 aromatic rings. The fourth-order valence-electron chi connectivity index (χ4n) is 3.09. The van der Waals surface area contributed by atoms with Crippen molar-refractivity contribution in [2.45, 2.75) is 44.2 Å². The average Bonchev–Trinajstić information content (AvgIpc) is 2.96. The van der Waals surface area contributed by atoms with Crippen molar-refractivity contribution in [1.29, 1.82) is 0 Å². The second-order valence-electron chi connectivity index (χ2n) is 6.41. The van der Waals surface area contributed by atoms with Crippen LogP contribution in [0.2, 0.25) is 0 Å². The van der Waals surface area contributed by atoms with E-state index in [9.17, 15) is 9.90 Å². The summed E-state index contributed by atoms with van der Waals surface area (Å²) in [5.41, 5.74) is 5.78. The van der Waals surface area contributed by atoms with E-state index in [1.54, 1.807) is 6.92 Å². The minimum atomic E-state index is -0.796. The van der Waals surface area contributed by atoms with E-state index in [1.165, 1.54) is 0 Å². The maximum Gasteiger partial charge on any atom is 0.242 e. The van der Waals surface area contributed by atoms with Crippen molar-refractivity contribution in [2.75, 3.05) is 31.9 Å². The highest BCUT2D eigenvalue weighted by atomic mass is 32.2. The molecule has 0 aliphatic carbocycles. The number of hydrogen-bond donors (Lipinski definition) is 2. The smallest absolute Gasteiger partial charge is 0.242 e. The normalized spacial score (nSPS) is 30.4. The summed E-state index contributed by atoms with van der Waals surface area (Å²) in [5.74, 6) is 1.65. The van der Waals surface area contributed by atoms with Crippen LogP contribution in [0, 0.1) is 5.92 Å². The van der Waals surface area contributed by atoms with E-state index < -0.39 is 12.1 Å². The number of nitrogens with zero attached hydrogens (tertiary/aromatic N) is 2. The number of likely N-dealkylation sites (tertiary alicyclic amines) is 1. The third kappa shape index (κ3) is 3.13. The van der Waals surface area contributed by atoms with Gasteiger partial charge in [0, 0.05) is 31.9 Å². The first-order chi connectivity index (χ1) is 9.35. The standard InChI is InChI=1S/C14H27N3O2S/c1-10(2)8-17-6-7-20-14(17)4-5-16(9-14)13(19)12(15)11(3)18/h10-12,18H,4-9,15H2,1-3H3/t11-,12+,14?/m1/s1. The van der Waals surface area contributed by atoms with Crippen molar-refractivity contribution in [1.82, 2.24) is 9.80 Å². The Morgan fingerprint density at radius 1 is 1.40 bits per heavy atom. The van der Waals surface area contributed by atoms with E-state index in [0.29, 0.717) is 5.92 Å². The third-order valence-electron chi connectivity index (χ3n) is 4.22. The second kappa shape index (κ2) is 6.22. The molecule has 0 saturated carbocycles. The van der Waals surface area contributed by atoms with Gasteiger partial charge in [0.2, 0.25) is 5.91 Å². The van der Waals surface area contributed by atoms with E-state index >= 15 is 0 Å². The van der Waals surface area contributed by atoms with Gasteiger partial charge in [0.15, 0.2) is 0 Å². The van der Waals surface area contributed by atoms with Crippen molar-refractivity contribution in [3.8, 4) is 0 Å². The SMILES string of the molecule is CC(C)CN1CCSC12CCN(C(=O)[C@@H](N)[C@@H](C)O)C2. The molecule has 2 saturated heterocycles. The summed E-state index contributed by atoms with van der Waals surface area (Å²) >= 11 is 1.97. The van der Waals surface area contributed by atoms with Gasteiger partial charge in [-0.1, -0.05) is 13.8 Å². The Hall–Kier alpha value is -0.300. The zero-order valence-corrected chi connectivity index (χ0v) is 13.5. The van der Waals surface area contributed by atoms with Gasteiger partial charge in [-0.05, 0) is 19.3 Å². The number of carbonyl (C=O) groups is 1. The number of hydrogen-bond acceptors (Lipinski definition) is 5. The molecule has 0 aromatic heterocycles. The fourth-order valence-corrected chi connectivity index (χ4v) is 4.61. The minimum Gasteiger partial charge on any atom is -0.391 e. The molecule has 6 heteroatoms. The topological polar surface area (TPSA) is 69.8 Å². The van der Waals surface area contributed by atoms with Gasteiger partial charge in [-0.15, -0.1) is 11.8 Å². The van der Waals surface area contributed by atoms with Crippen LogP contribution in [0.4, 0.5) is 0 Å². The number of aliphatic hydroxyl groups is 1. The Bertz CT molecular complexity index is 364. The van der Waals surface area contributed by atoms with Crippen molar-refractivity contribution < 1.29 is 9.90 Å². The lowest BCUT2D eigenvalue weighted by Crippen LogP contribution is -2.51. The molecule has 2 fully saturated rings. The lowest BCUT2D eigenvalue weighted by atomic mass is 10.1. The summed E-state index contributed by atoms with van der Waals surface area (Å²) in [6, 6.07) is -0.796. The number of nitrogens with two attached hydrogens (primary N) is 1. The first-order valence-corrected chi connectivity index (χ1v) is 8.46. The highest BCUT2D eigenvalue weighted by Gasteiger charge is 2.48. The zero-order chi connectivity index (χ0) is 14.9. The molecule has 2 aliphatic heterocycles. The molecular formula is C14H27N3O2S. The van der Waals surface area contributed by atoms with E-state index in [4.69, 9.17) is 5.73 Å². The summed E-state index contributed by atoms with van der Waals surface area (Å²) in [4.78, 5) is 16.7. The number of carbonyl (C=O) groups excluding carboxylic acids is 1. The largest absolute Gasteiger partial charge is 0.391 e. The predicted molar refractivity (Wildman–Crippen MR) is 82.5 cm³/mol. The van der Waals surface area contributed by atoms with Crippen LogP contribution >= 0.6 is 11.8 Å². The van der Waals surface area contributed by atoms with Gasteiger partial charge in [0.25, 0.3) is 0 Å². The Kier molecular flexibility index (Phi) is 5.00. The molecule has 3 atom stereocenters.